The van der Waals surface area contributed by atoms with Crippen LogP contribution < -0.4 is 15.3 Å². The Balaban J connectivity index is 2.65. The van der Waals surface area contributed by atoms with E-state index in [-0.39, 0.29) is 0 Å². The molecule has 5 heteroatoms. The van der Waals surface area contributed by atoms with Crippen molar-refractivity contribution in [2.24, 2.45) is 0 Å². The molecule has 0 spiro atoms. The van der Waals surface area contributed by atoms with Crippen LogP contribution in [0, 0.1) is 0 Å². The van der Waals surface area contributed by atoms with E-state index < -0.39 is 7.59 Å². The van der Waals surface area contributed by atoms with E-state index in [1.807, 2.05) is 30.3 Å². The summed E-state index contributed by atoms with van der Waals surface area (Å²) in [4.78, 5) is 0. The van der Waals surface area contributed by atoms with E-state index in [1.54, 1.807) is 0 Å². The molecule has 0 saturated carbocycles. The number of anilines is 1. The second kappa shape index (κ2) is 7.49. The minimum Gasteiger partial charge on any atom is -0.313 e. The Morgan fingerprint density at radius 2 is 1.53 bits per heavy atom. The van der Waals surface area contributed by atoms with E-state index in [2.05, 4.69) is 29.1 Å². The van der Waals surface area contributed by atoms with Crippen LogP contribution in [-0.4, -0.2) is 13.1 Å². The first-order valence-electron chi connectivity index (χ1n) is 6.14. The molecule has 17 heavy (non-hydrogen) atoms. The zero-order valence-corrected chi connectivity index (χ0v) is 11.5. The van der Waals surface area contributed by atoms with Crippen LogP contribution >= 0.6 is 7.59 Å². The Bertz CT molecular complexity index is 344. The zero-order chi connectivity index (χ0) is 12.6. The summed E-state index contributed by atoms with van der Waals surface area (Å²) in [5.41, 5.74) is 0.864. The molecule has 0 aliphatic rings. The van der Waals surface area contributed by atoms with Crippen molar-refractivity contribution >= 4 is 13.3 Å². The fourth-order valence-corrected chi connectivity index (χ4v) is 3.23. The van der Waals surface area contributed by atoms with Crippen LogP contribution in [0.3, 0.4) is 0 Å². The van der Waals surface area contributed by atoms with Gasteiger partial charge >= 0.3 is 7.59 Å². The molecular formula is C12H22N3OP. The standard InChI is InChI=1S/C12H22N3OP/c1-3-10-13-17(16,14-11-4-2)15-12-8-6-5-7-9-12/h5-9H,3-4,10-11H2,1-2H3,(H3,13,14,15,16). The lowest BCUT2D eigenvalue weighted by Crippen LogP contribution is -2.28. The average Bonchev–Trinajstić information content (AvgIpc) is 2.35. The average molecular weight is 255 g/mol. The first kappa shape index (κ1) is 14.2. The van der Waals surface area contributed by atoms with Crippen molar-refractivity contribution in [3.63, 3.8) is 0 Å². The molecule has 0 amide bonds. The Hall–Kier alpha value is -0.830. The first-order chi connectivity index (χ1) is 8.20. The third kappa shape index (κ3) is 5.35. The lowest BCUT2D eigenvalue weighted by molar-refractivity contribution is 0.555. The molecule has 0 heterocycles. The normalized spacial score (nSPS) is 11.4. The number of rotatable bonds is 8. The minimum atomic E-state index is -2.72. The molecule has 0 atom stereocenters. The first-order valence-corrected chi connectivity index (χ1v) is 7.84. The number of hydrogen-bond donors (Lipinski definition) is 3. The maximum Gasteiger partial charge on any atom is 0.303 e. The highest BCUT2D eigenvalue weighted by atomic mass is 31.2. The van der Waals surface area contributed by atoms with Crippen molar-refractivity contribution in [2.45, 2.75) is 26.7 Å². The molecule has 0 radical (unpaired) electrons. The van der Waals surface area contributed by atoms with E-state index in [9.17, 15) is 4.57 Å². The Morgan fingerprint density at radius 1 is 1.00 bits per heavy atom. The molecule has 3 N–H and O–H groups in total. The maximum atomic E-state index is 12.6. The predicted octanol–water partition coefficient (Wildman–Crippen LogP) is 3.21. The van der Waals surface area contributed by atoms with Crippen molar-refractivity contribution < 1.29 is 4.57 Å². The smallest absolute Gasteiger partial charge is 0.303 e. The predicted molar refractivity (Wildman–Crippen MR) is 74.3 cm³/mol. The lowest BCUT2D eigenvalue weighted by atomic mass is 10.3. The summed E-state index contributed by atoms with van der Waals surface area (Å²) in [6, 6.07) is 9.61. The van der Waals surface area contributed by atoms with Crippen molar-refractivity contribution in [1.82, 2.24) is 10.2 Å². The molecular weight excluding hydrogens is 233 g/mol. The molecule has 0 unspecified atom stereocenters. The Labute approximate surface area is 104 Å². The molecule has 1 aromatic carbocycles. The summed E-state index contributed by atoms with van der Waals surface area (Å²) >= 11 is 0. The molecule has 1 rings (SSSR count). The summed E-state index contributed by atoms with van der Waals surface area (Å²) in [6.45, 7) is 5.57. The van der Waals surface area contributed by atoms with E-state index in [0.717, 1.165) is 31.6 Å². The van der Waals surface area contributed by atoms with Gasteiger partial charge < -0.3 is 5.09 Å². The Kier molecular flexibility index (Phi) is 6.27. The van der Waals surface area contributed by atoms with Gasteiger partial charge in [-0.15, -0.1) is 0 Å². The number of nitrogens with one attached hydrogen (secondary N) is 3. The van der Waals surface area contributed by atoms with Gasteiger partial charge in [0.1, 0.15) is 0 Å². The number of para-hydroxylation sites is 1. The minimum absolute atomic E-state index is 0.730. The molecule has 0 bridgehead atoms. The van der Waals surface area contributed by atoms with Gasteiger partial charge in [-0.2, -0.15) is 0 Å². The van der Waals surface area contributed by atoms with Gasteiger partial charge in [0.05, 0.1) is 0 Å². The van der Waals surface area contributed by atoms with Gasteiger partial charge in [-0.3, -0.25) is 4.57 Å². The fourth-order valence-electron chi connectivity index (χ4n) is 1.37. The Morgan fingerprint density at radius 3 is 2.00 bits per heavy atom. The SMILES string of the molecule is CCCNP(=O)(NCCC)Nc1ccccc1. The van der Waals surface area contributed by atoms with E-state index >= 15 is 0 Å². The number of benzene rings is 1. The topological polar surface area (TPSA) is 53.2 Å². The zero-order valence-electron chi connectivity index (χ0n) is 10.6. The molecule has 0 saturated heterocycles. The summed E-state index contributed by atoms with van der Waals surface area (Å²) in [7, 11) is -2.72. The van der Waals surface area contributed by atoms with Crippen LogP contribution in [0.5, 0.6) is 0 Å². The number of hydrogen-bond acceptors (Lipinski definition) is 1. The van der Waals surface area contributed by atoms with Crippen molar-refractivity contribution in [1.29, 1.82) is 0 Å². The van der Waals surface area contributed by atoms with Crippen LogP contribution in [0.4, 0.5) is 5.69 Å². The summed E-state index contributed by atoms with van der Waals surface area (Å²) in [5, 5.41) is 9.18. The van der Waals surface area contributed by atoms with Crippen LogP contribution in [-0.2, 0) is 4.57 Å². The van der Waals surface area contributed by atoms with Crippen LogP contribution in [0.1, 0.15) is 26.7 Å². The molecule has 0 aliphatic heterocycles. The van der Waals surface area contributed by atoms with Gasteiger partial charge in [0.25, 0.3) is 0 Å². The second-order valence-corrected chi connectivity index (χ2v) is 5.98. The summed E-state index contributed by atoms with van der Waals surface area (Å²) < 4.78 is 12.6. The van der Waals surface area contributed by atoms with Gasteiger partial charge in [-0.25, -0.2) is 10.2 Å². The third-order valence-corrected chi connectivity index (χ3v) is 4.14. The van der Waals surface area contributed by atoms with Crippen LogP contribution in [0.25, 0.3) is 0 Å². The molecule has 1 aromatic rings. The van der Waals surface area contributed by atoms with Crippen molar-refractivity contribution in [2.75, 3.05) is 18.2 Å². The molecule has 0 aromatic heterocycles. The lowest BCUT2D eigenvalue weighted by Gasteiger charge is -2.22. The van der Waals surface area contributed by atoms with Gasteiger partial charge in [0.15, 0.2) is 0 Å². The third-order valence-electron chi connectivity index (χ3n) is 2.23. The molecule has 0 aliphatic carbocycles. The van der Waals surface area contributed by atoms with Crippen LogP contribution in [0.2, 0.25) is 0 Å². The highest BCUT2D eigenvalue weighted by Gasteiger charge is 2.19. The van der Waals surface area contributed by atoms with E-state index in [1.165, 1.54) is 0 Å². The van der Waals surface area contributed by atoms with E-state index in [4.69, 9.17) is 0 Å². The van der Waals surface area contributed by atoms with Gasteiger partial charge in [0.2, 0.25) is 0 Å². The molecule has 96 valence electrons. The van der Waals surface area contributed by atoms with Gasteiger partial charge in [-0.1, -0.05) is 32.0 Å². The van der Waals surface area contributed by atoms with Crippen molar-refractivity contribution in [3.8, 4) is 0 Å². The maximum absolute atomic E-state index is 12.6. The van der Waals surface area contributed by atoms with E-state index in [0.29, 0.717) is 0 Å². The highest BCUT2D eigenvalue weighted by Crippen LogP contribution is 2.36. The fraction of sp³-hybridized carbons (Fsp3) is 0.500. The highest BCUT2D eigenvalue weighted by molar-refractivity contribution is 7.61. The second-order valence-electron chi connectivity index (χ2n) is 3.90. The summed E-state index contributed by atoms with van der Waals surface area (Å²) in [6.07, 6.45) is 1.91. The largest absolute Gasteiger partial charge is 0.313 e. The quantitative estimate of drug-likeness (QED) is 0.624. The summed E-state index contributed by atoms with van der Waals surface area (Å²) in [5.74, 6) is 0. The van der Waals surface area contributed by atoms with Gasteiger partial charge in [-0.05, 0) is 25.0 Å². The van der Waals surface area contributed by atoms with Gasteiger partial charge in [0, 0.05) is 18.8 Å². The van der Waals surface area contributed by atoms with Crippen molar-refractivity contribution in [3.05, 3.63) is 30.3 Å². The molecule has 0 fully saturated rings. The van der Waals surface area contributed by atoms with Crippen LogP contribution in [0.15, 0.2) is 30.3 Å². The molecule has 4 nitrogen and oxygen atoms in total. The monoisotopic (exact) mass is 255 g/mol.